The summed E-state index contributed by atoms with van der Waals surface area (Å²) >= 11 is 0. The number of hydrogen-bond acceptors (Lipinski definition) is 5. The average Bonchev–Trinajstić information content (AvgIpc) is 2.69. The Morgan fingerprint density at radius 2 is 1.33 bits per heavy atom. The van der Waals surface area contributed by atoms with E-state index in [1.54, 1.807) is 24.3 Å². The zero-order chi connectivity index (χ0) is 22.3. The second kappa shape index (κ2) is 10.4. The van der Waals surface area contributed by atoms with Crippen molar-refractivity contribution in [3.8, 4) is 0 Å². The number of nitrogens with zero attached hydrogens (tertiary/aromatic N) is 2. The molecule has 0 fully saturated rings. The molecule has 0 heterocycles. The summed E-state index contributed by atoms with van der Waals surface area (Å²) in [4.78, 5) is 39.5. The van der Waals surface area contributed by atoms with E-state index in [1.807, 2.05) is 62.3 Å². The highest BCUT2D eigenvalue weighted by molar-refractivity contribution is 6.39. The SMILES string of the molecule is CC(=O)Nc1ccc(NC(=O)C(=O)NCC(c2ccc(N(C)C)cc2)N(C)C)cc1. The van der Waals surface area contributed by atoms with Gasteiger partial charge in [-0.1, -0.05) is 12.1 Å². The van der Waals surface area contributed by atoms with Gasteiger partial charge in [-0.15, -0.1) is 0 Å². The van der Waals surface area contributed by atoms with Gasteiger partial charge in [-0.05, 0) is 56.1 Å². The van der Waals surface area contributed by atoms with Gasteiger partial charge in [-0.2, -0.15) is 0 Å². The second-order valence-electron chi connectivity index (χ2n) is 7.39. The maximum atomic E-state index is 12.3. The molecule has 0 bridgehead atoms. The van der Waals surface area contributed by atoms with Crippen LogP contribution < -0.4 is 20.9 Å². The van der Waals surface area contributed by atoms with E-state index in [4.69, 9.17) is 0 Å². The number of amides is 3. The monoisotopic (exact) mass is 411 g/mol. The van der Waals surface area contributed by atoms with E-state index in [0.29, 0.717) is 17.9 Å². The first-order valence-electron chi connectivity index (χ1n) is 9.58. The molecule has 0 aliphatic carbocycles. The number of nitrogens with one attached hydrogen (secondary N) is 3. The van der Waals surface area contributed by atoms with E-state index in [-0.39, 0.29) is 11.9 Å². The third kappa shape index (κ3) is 6.59. The van der Waals surface area contributed by atoms with Crippen LogP contribution in [-0.2, 0) is 14.4 Å². The molecule has 0 saturated heterocycles. The molecule has 2 aromatic rings. The number of likely N-dealkylation sites (N-methyl/N-ethyl adjacent to an activating group) is 1. The van der Waals surface area contributed by atoms with Crippen LogP contribution >= 0.6 is 0 Å². The third-order valence-electron chi connectivity index (χ3n) is 4.54. The van der Waals surface area contributed by atoms with Gasteiger partial charge >= 0.3 is 11.8 Å². The summed E-state index contributed by atoms with van der Waals surface area (Å²) in [5, 5.41) is 7.89. The lowest BCUT2D eigenvalue weighted by Gasteiger charge is -2.25. The minimum absolute atomic E-state index is 0.0742. The zero-order valence-corrected chi connectivity index (χ0v) is 18.0. The van der Waals surface area contributed by atoms with Crippen molar-refractivity contribution in [2.24, 2.45) is 0 Å². The number of hydrogen-bond donors (Lipinski definition) is 3. The van der Waals surface area contributed by atoms with Crippen molar-refractivity contribution in [3.63, 3.8) is 0 Å². The van der Waals surface area contributed by atoms with Crippen molar-refractivity contribution in [3.05, 3.63) is 54.1 Å². The Morgan fingerprint density at radius 3 is 1.80 bits per heavy atom. The molecule has 3 amide bonds. The summed E-state index contributed by atoms with van der Waals surface area (Å²) in [7, 11) is 7.80. The highest BCUT2D eigenvalue weighted by Crippen LogP contribution is 2.21. The predicted molar refractivity (Wildman–Crippen MR) is 120 cm³/mol. The van der Waals surface area contributed by atoms with E-state index in [9.17, 15) is 14.4 Å². The van der Waals surface area contributed by atoms with Crippen LogP contribution in [-0.4, -0.2) is 57.4 Å². The summed E-state index contributed by atoms with van der Waals surface area (Å²) in [6.07, 6.45) is 0. The highest BCUT2D eigenvalue weighted by Gasteiger charge is 2.19. The van der Waals surface area contributed by atoms with Gasteiger partial charge in [0.05, 0.1) is 6.04 Å². The van der Waals surface area contributed by atoms with Crippen LogP contribution in [0.4, 0.5) is 17.1 Å². The fraction of sp³-hybridized carbons (Fsp3) is 0.318. The first kappa shape index (κ1) is 22.9. The fourth-order valence-electron chi connectivity index (χ4n) is 2.89. The summed E-state index contributed by atoms with van der Waals surface area (Å²) in [6, 6.07) is 14.5. The molecule has 1 unspecified atom stereocenters. The topological polar surface area (TPSA) is 93.8 Å². The molecule has 0 aromatic heterocycles. The molecule has 2 aromatic carbocycles. The minimum Gasteiger partial charge on any atom is -0.378 e. The van der Waals surface area contributed by atoms with Gasteiger partial charge < -0.3 is 25.8 Å². The standard InChI is InChI=1S/C22H29N5O3/c1-15(28)24-17-8-10-18(11-9-17)25-22(30)21(29)23-14-20(27(4)5)16-6-12-19(13-7-16)26(2)3/h6-13,20H,14H2,1-5H3,(H,23,29)(H,24,28)(H,25,30). The fourth-order valence-corrected chi connectivity index (χ4v) is 2.89. The molecule has 2 rings (SSSR count). The first-order chi connectivity index (χ1) is 14.2. The average molecular weight is 412 g/mol. The van der Waals surface area contributed by atoms with Crippen molar-refractivity contribution >= 4 is 34.8 Å². The second-order valence-corrected chi connectivity index (χ2v) is 7.39. The predicted octanol–water partition coefficient (Wildman–Crippen LogP) is 2.07. The molecular formula is C22H29N5O3. The van der Waals surface area contributed by atoms with E-state index in [1.165, 1.54) is 6.92 Å². The Balaban J connectivity index is 1.94. The normalized spacial score (nSPS) is 11.5. The van der Waals surface area contributed by atoms with Gasteiger partial charge in [0.1, 0.15) is 0 Å². The molecule has 1 atom stereocenters. The minimum atomic E-state index is -0.747. The summed E-state index contributed by atoms with van der Waals surface area (Å²) < 4.78 is 0. The largest absolute Gasteiger partial charge is 0.378 e. The summed E-state index contributed by atoms with van der Waals surface area (Å²) in [6.45, 7) is 1.71. The lowest BCUT2D eigenvalue weighted by molar-refractivity contribution is -0.136. The lowest BCUT2D eigenvalue weighted by Crippen LogP contribution is -2.40. The van der Waals surface area contributed by atoms with Crippen molar-refractivity contribution in [1.82, 2.24) is 10.2 Å². The maximum Gasteiger partial charge on any atom is 0.313 e. The highest BCUT2D eigenvalue weighted by atomic mass is 16.2. The van der Waals surface area contributed by atoms with Crippen LogP contribution in [0.25, 0.3) is 0 Å². The van der Waals surface area contributed by atoms with Crippen LogP contribution in [0.1, 0.15) is 18.5 Å². The Morgan fingerprint density at radius 1 is 0.800 bits per heavy atom. The molecule has 3 N–H and O–H groups in total. The number of benzene rings is 2. The number of carbonyl (C=O) groups excluding carboxylic acids is 3. The Hall–Kier alpha value is -3.39. The van der Waals surface area contributed by atoms with Crippen molar-refractivity contribution in [2.45, 2.75) is 13.0 Å². The van der Waals surface area contributed by atoms with Crippen LogP contribution in [0, 0.1) is 0 Å². The number of carbonyl (C=O) groups is 3. The molecule has 0 saturated carbocycles. The van der Waals surface area contributed by atoms with Crippen LogP contribution in [0.3, 0.4) is 0 Å². The summed E-state index contributed by atoms with van der Waals surface area (Å²) in [5.41, 5.74) is 3.20. The number of rotatable bonds is 7. The smallest absolute Gasteiger partial charge is 0.313 e. The third-order valence-corrected chi connectivity index (χ3v) is 4.54. The van der Waals surface area contributed by atoms with Crippen LogP contribution in [0.5, 0.6) is 0 Å². The van der Waals surface area contributed by atoms with Crippen molar-refractivity contribution < 1.29 is 14.4 Å². The van der Waals surface area contributed by atoms with Gasteiger partial charge in [-0.3, -0.25) is 14.4 Å². The number of anilines is 3. The Labute approximate surface area is 177 Å². The van der Waals surface area contributed by atoms with Crippen molar-refractivity contribution in [2.75, 3.05) is 50.3 Å². The molecule has 0 spiro atoms. The lowest BCUT2D eigenvalue weighted by atomic mass is 10.1. The molecule has 160 valence electrons. The van der Waals surface area contributed by atoms with Gasteiger partial charge in [-0.25, -0.2) is 0 Å². The zero-order valence-electron chi connectivity index (χ0n) is 18.0. The van der Waals surface area contributed by atoms with Crippen LogP contribution in [0.2, 0.25) is 0 Å². The van der Waals surface area contributed by atoms with Gasteiger partial charge in [0.15, 0.2) is 0 Å². The van der Waals surface area contributed by atoms with Gasteiger partial charge in [0.25, 0.3) is 0 Å². The van der Waals surface area contributed by atoms with Crippen LogP contribution in [0.15, 0.2) is 48.5 Å². The molecule has 0 radical (unpaired) electrons. The molecular weight excluding hydrogens is 382 g/mol. The summed E-state index contributed by atoms with van der Waals surface area (Å²) in [5.74, 6) is -1.64. The molecule has 30 heavy (non-hydrogen) atoms. The van der Waals surface area contributed by atoms with E-state index >= 15 is 0 Å². The molecule has 0 aliphatic heterocycles. The maximum absolute atomic E-state index is 12.3. The van der Waals surface area contributed by atoms with E-state index in [0.717, 1.165) is 11.3 Å². The first-order valence-corrected chi connectivity index (χ1v) is 9.58. The Bertz CT molecular complexity index is 877. The van der Waals surface area contributed by atoms with Gasteiger partial charge in [0, 0.05) is 44.6 Å². The molecule has 8 nitrogen and oxygen atoms in total. The van der Waals surface area contributed by atoms with E-state index < -0.39 is 11.8 Å². The van der Waals surface area contributed by atoms with Crippen molar-refractivity contribution in [1.29, 1.82) is 0 Å². The molecule has 0 aliphatic rings. The van der Waals surface area contributed by atoms with Gasteiger partial charge in [0.2, 0.25) is 5.91 Å². The van der Waals surface area contributed by atoms with E-state index in [2.05, 4.69) is 16.0 Å². The quantitative estimate of drug-likeness (QED) is 0.607. The molecule has 8 heteroatoms. The Kier molecular flexibility index (Phi) is 7.94.